The van der Waals surface area contributed by atoms with E-state index in [1.807, 2.05) is 20.8 Å². The van der Waals surface area contributed by atoms with Gasteiger partial charge in [-0.05, 0) is 23.1 Å². The van der Waals surface area contributed by atoms with Gasteiger partial charge in [0, 0.05) is 19.7 Å². The molecule has 0 unspecified atom stereocenters. The van der Waals surface area contributed by atoms with Crippen molar-refractivity contribution in [2.75, 3.05) is 14.1 Å². The van der Waals surface area contributed by atoms with E-state index in [1.165, 1.54) is 11.0 Å². The Balaban J connectivity index is 3.15. The summed E-state index contributed by atoms with van der Waals surface area (Å²) in [5.74, 6) is -0.500. The number of benzene rings is 1. The van der Waals surface area contributed by atoms with Gasteiger partial charge in [0.2, 0.25) is 0 Å². The fourth-order valence-corrected chi connectivity index (χ4v) is 1.51. The number of carbonyl (C=O) groups is 1. The molecule has 3 heteroatoms. The molecule has 1 aromatic carbocycles. The van der Waals surface area contributed by atoms with Crippen molar-refractivity contribution in [1.82, 2.24) is 4.90 Å². The standard InChI is InChI=1S/C13H18FNO/c1-13(2,3)10-7-6-9(8-11(10)14)12(16)15(4)5/h6-8H,1-5H3. The predicted octanol–water partition coefficient (Wildman–Crippen LogP) is 2.83. The minimum absolute atomic E-state index is 0.181. The molecule has 1 rings (SSSR count). The minimum Gasteiger partial charge on any atom is -0.345 e. The zero-order chi connectivity index (χ0) is 12.5. The molecule has 1 amide bonds. The van der Waals surface area contributed by atoms with Crippen LogP contribution in [0.15, 0.2) is 18.2 Å². The minimum atomic E-state index is -0.319. The highest BCUT2D eigenvalue weighted by Gasteiger charge is 2.19. The zero-order valence-electron chi connectivity index (χ0n) is 10.5. The molecule has 0 aliphatic rings. The van der Waals surface area contributed by atoms with Gasteiger partial charge in [-0.25, -0.2) is 4.39 Å². The van der Waals surface area contributed by atoms with E-state index in [2.05, 4.69) is 0 Å². The smallest absolute Gasteiger partial charge is 0.253 e. The number of carbonyl (C=O) groups excluding carboxylic acids is 1. The summed E-state index contributed by atoms with van der Waals surface area (Å²) in [5.41, 5.74) is 0.766. The molecule has 0 spiro atoms. The molecule has 0 aromatic heterocycles. The second-order valence-electron chi connectivity index (χ2n) is 5.14. The molecule has 1 aromatic rings. The maximum atomic E-state index is 13.8. The Hall–Kier alpha value is -1.38. The molecule has 0 saturated carbocycles. The molecule has 0 radical (unpaired) electrons. The lowest BCUT2D eigenvalue weighted by atomic mass is 9.86. The Labute approximate surface area is 96.1 Å². The Morgan fingerprint density at radius 1 is 1.25 bits per heavy atom. The van der Waals surface area contributed by atoms with Crippen LogP contribution in [0.4, 0.5) is 4.39 Å². The maximum absolute atomic E-state index is 13.8. The maximum Gasteiger partial charge on any atom is 0.253 e. The van der Waals surface area contributed by atoms with Crippen molar-refractivity contribution < 1.29 is 9.18 Å². The second-order valence-corrected chi connectivity index (χ2v) is 5.14. The molecular formula is C13H18FNO. The molecule has 0 fully saturated rings. The molecule has 0 heterocycles. The number of halogens is 1. The molecule has 0 atom stereocenters. The third-order valence-corrected chi connectivity index (χ3v) is 2.43. The van der Waals surface area contributed by atoms with Crippen LogP contribution in [0.3, 0.4) is 0 Å². The summed E-state index contributed by atoms with van der Waals surface area (Å²) in [7, 11) is 3.30. The molecule has 0 aliphatic carbocycles. The van der Waals surface area contributed by atoms with Crippen molar-refractivity contribution >= 4 is 5.91 Å². The van der Waals surface area contributed by atoms with Gasteiger partial charge in [0.1, 0.15) is 5.82 Å². The molecule has 0 bridgehead atoms. The Morgan fingerprint density at radius 3 is 2.19 bits per heavy atom. The Bertz CT molecular complexity index is 405. The van der Waals surface area contributed by atoms with Gasteiger partial charge in [-0.15, -0.1) is 0 Å². The summed E-state index contributed by atoms with van der Waals surface area (Å²) in [4.78, 5) is 13.1. The highest BCUT2D eigenvalue weighted by Crippen LogP contribution is 2.25. The lowest BCUT2D eigenvalue weighted by molar-refractivity contribution is 0.0827. The summed E-state index contributed by atoms with van der Waals surface area (Å²) in [5, 5.41) is 0. The van der Waals surface area contributed by atoms with Crippen molar-refractivity contribution in [1.29, 1.82) is 0 Å². The van der Waals surface area contributed by atoms with Gasteiger partial charge < -0.3 is 4.90 Å². The number of hydrogen-bond donors (Lipinski definition) is 0. The average molecular weight is 223 g/mol. The van der Waals surface area contributed by atoms with Crippen LogP contribution in [0.2, 0.25) is 0 Å². The van der Waals surface area contributed by atoms with E-state index >= 15 is 0 Å². The van der Waals surface area contributed by atoms with Crippen LogP contribution in [0.5, 0.6) is 0 Å². The molecule has 0 saturated heterocycles. The van der Waals surface area contributed by atoms with Crippen molar-refractivity contribution in [3.63, 3.8) is 0 Å². The monoisotopic (exact) mass is 223 g/mol. The first-order valence-corrected chi connectivity index (χ1v) is 5.25. The summed E-state index contributed by atoms with van der Waals surface area (Å²) >= 11 is 0. The second kappa shape index (κ2) is 4.24. The first kappa shape index (κ1) is 12.7. The Morgan fingerprint density at radius 2 is 1.81 bits per heavy atom. The van der Waals surface area contributed by atoms with Crippen molar-refractivity contribution in [3.05, 3.63) is 35.1 Å². The molecule has 0 N–H and O–H groups in total. The number of rotatable bonds is 1. The number of amides is 1. The van der Waals surface area contributed by atoms with Gasteiger partial charge in [-0.1, -0.05) is 26.8 Å². The highest BCUT2D eigenvalue weighted by molar-refractivity contribution is 5.93. The third-order valence-electron chi connectivity index (χ3n) is 2.43. The highest BCUT2D eigenvalue weighted by atomic mass is 19.1. The van der Waals surface area contributed by atoms with Gasteiger partial charge in [-0.2, -0.15) is 0 Å². The summed E-state index contributed by atoms with van der Waals surface area (Å²) in [6, 6.07) is 4.67. The molecule has 2 nitrogen and oxygen atoms in total. The van der Waals surface area contributed by atoms with Crippen LogP contribution in [0.25, 0.3) is 0 Å². The van der Waals surface area contributed by atoms with Crippen molar-refractivity contribution in [2.24, 2.45) is 0 Å². The van der Waals surface area contributed by atoms with Crippen LogP contribution in [0, 0.1) is 5.82 Å². The van der Waals surface area contributed by atoms with Crippen LogP contribution in [-0.4, -0.2) is 24.9 Å². The summed E-state index contributed by atoms with van der Waals surface area (Å²) < 4.78 is 13.8. The van der Waals surface area contributed by atoms with E-state index in [0.717, 1.165) is 0 Å². The first-order valence-electron chi connectivity index (χ1n) is 5.25. The van der Waals surface area contributed by atoms with E-state index in [4.69, 9.17) is 0 Å². The van der Waals surface area contributed by atoms with Crippen molar-refractivity contribution in [2.45, 2.75) is 26.2 Å². The summed E-state index contributed by atoms with van der Waals surface area (Å²) in [6.45, 7) is 5.83. The average Bonchev–Trinajstić information content (AvgIpc) is 2.14. The van der Waals surface area contributed by atoms with E-state index in [9.17, 15) is 9.18 Å². The molecule has 0 aliphatic heterocycles. The lowest BCUT2D eigenvalue weighted by Gasteiger charge is -2.20. The van der Waals surface area contributed by atoms with E-state index in [1.54, 1.807) is 26.2 Å². The largest absolute Gasteiger partial charge is 0.345 e. The van der Waals surface area contributed by atoms with Gasteiger partial charge in [-0.3, -0.25) is 4.79 Å². The topological polar surface area (TPSA) is 20.3 Å². The van der Waals surface area contributed by atoms with Crippen LogP contribution in [-0.2, 0) is 5.41 Å². The molecule has 88 valence electrons. The van der Waals surface area contributed by atoms with E-state index in [-0.39, 0.29) is 17.1 Å². The van der Waals surface area contributed by atoms with Gasteiger partial charge in [0.05, 0.1) is 0 Å². The number of hydrogen-bond acceptors (Lipinski definition) is 1. The zero-order valence-corrected chi connectivity index (χ0v) is 10.5. The van der Waals surface area contributed by atoms with Crippen LogP contribution in [0.1, 0.15) is 36.7 Å². The lowest BCUT2D eigenvalue weighted by Crippen LogP contribution is -2.22. The van der Waals surface area contributed by atoms with E-state index < -0.39 is 0 Å². The molecule has 16 heavy (non-hydrogen) atoms. The van der Waals surface area contributed by atoms with Crippen LogP contribution >= 0.6 is 0 Å². The quantitative estimate of drug-likeness (QED) is 0.717. The van der Waals surface area contributed by atoms with Crippen LogP contribution < -0.4 is 0 Å². The van der Waals surface area contributed by atoms with Crippen molar-refractivity contribution in [3.8, 4) is 0 Å². The number of nitrogens with zero attached hydrogens (tertiary/aromatic N) is 1. The van der Waals surface area contributed by atoms with Gasteiger partial charge in [0.25, 0.3) is 5.91 Å². The fourth-order valence-electron chi connectivity index (χ4n) is 1.51. The normalized spacial score (nSPS) is 11.4. The van der Waals surface area contributed by atoms with E-state index in [0.29, 0.717) is 11.1 Å². The third kappa shape index (κ3) is 2.60. The first-order chi connectivity index (χ1) is 7.23. The van der Waals surface area contributed by atoms with Gasteiger partial charge >= 0.3 is 0 Å². The summed E-state index contributed by atoms with van der Waals surface area (Å²) in [6.07, 6.45) is 0. The molecular weight excluding hydrogens is 205 g/mol. The SMILES string of the molecule is CN(C)C(=O)c1ccc(C(C)(C)C)c(F)c1. The Kier molecular flexibility index (Phi) is 3.36. The predicted molar refractivity (Wildman–Crippen MR) is 63.1 cm³/mol. The van der Waals surface area contributed by atoms with Gasteiger partial charge in [0.15, 0.2) is 0 Å². The fraction of sp³-hybridized carbons (Fsp3) is 0.462.